The SMILES string of the molecule is C/C=C(\NC(=O)c1csc(-c2csc(-c3ccc4c(n3)-c3csc(n3)C(C(C)OC(=O)N[C@@H](CCCC)C(=O)NCc3ccccn3)NC(=O)c3csc(n3)C(C(C)(C)O)NC(=O)c3csc(n3)/C(=C/C)NC(=O)C(C(C)O)NC(=O)c3csc-4n3)n2)n1)C(=O)NCC(C)=O.Cl. The Hall–Kier alpha value is -9.00. The molecule has 9 heterocycles. The number of Topliss-reactive ketones (excluding diaryl/α,β-unsaturated/α-hetero) is 1. The summed E-state index contributed by atoms with van der Waals surface area (Å²) in [5, 5.41) is 54.6. The number of rotatable bonds is 18. The van der Waals surface area contributed by atoms with Gasteiger partial charge in [0.2, 0.25) is 11.8 Å². The summed E-state index contributed by atoms with van der Waals surface area (Å²) >= 11 is 6.42. The molecule has 8 aromatic heterocycles. The molecule has 504 valence electrons. The lowest BCUT2D eigenvalue weighted by atomic mass is 9.99. The average Bonchev–Trinajstić information content (AvgIpc) is 1.58. The number of thiazole rings is 6. The number of allylic oxidation sites excluding steroid dienone is 2. The molecule has 35 heteroatoms. The maximum atomic E-state index is 14.7. The van der Waals surface area contributed by atoms with Crippen LogP contribution in [0.25, 0.3) is 49.1 Å². The van der Waals surface area contributed by atoms with E-state index < -0.39 is 89.4 Å². The fourth-order valence-electron chi connectivity index (χ4n) is 9.06. The summed E-state index contributed by atoms with van der Waals surface area (Å²) in [7, 11) is 0. The second-order valence-electron chi connectivity index (χ2n) is 21.8. The number of fused-ring (bicyclic) bond motifs is 11. The van der Waals surface area contributed by atoms with Crippen molar-refractivity contribution in [3.8, 4) is 43.4 Å². The first-order chi connectivity index (χ1) is 45.4. The number of ether oxygens (including phenoxy) is 1. The first kappa shape index (κ1) is 72.8. The van der Waals surface area contributed by atoms with Gasteiger partial charge in [-0.25, -0.2) is 39.7 Å². The lowest BCUT2D eigenvalue weighted by Gasteiger charge is -2.28. The summed E-state index contributed by atoms with van der Waals surface area (Å²) in [5.74, 6) is -5.25. The van der Waals surface area contributed by atoms with Crippen LogP contribution in [0, 0.1) is 0 Å². The molecule has 8 amide bonds. The number of unbranched alkanes of at least 4 members (excludes halogenated alkanes) is 1. The molecule has 0 radical (unpaired) electrons. The van der Waals surface area contributed by atoms with Crippen LogP contribution in [0.1, 0.15) is 149 Å². The second-order valence-corrected chi connectivity index (χ2v) is 27.0. The number of ketones is 1. The fraction of sp³-hybridized carbons (Fsp3) is 0.328. The first-order valence-electron chi connectivity index (χ1n) is 29.4. The Kier molecular flexibility index (Phi) is 24.7. The Morgan fingerprint density at radius 3 is 2.00 bits per heavy atom. The van der Waals surface area contributed by atoms with E-state index in [1.165, 1.54) is 79.6 Å². The predicted octanol–water partition coefficient (Wildman–Crippen LogP) is 7.32. The van der Waals surface area contributed by atoms with Crippen molar-refractivity contribution >= 4 is 139 Å². The molecule has 6 atom stereocenters. The number of amides is 8. The Balaban J connectivity index is 0.0000118. The summed E-state index contributed by atoms with van der Waals surface area (Å²) in [6.07, 6.45) is 2.40. The third kappa shape index (κ3) is 18.1. The second kappa shape index (κ2) is 32.6. The van der Waals surface area contributed by atoms with Gasteiger partial charge < -0.3 is 57.5 Å². The van der Waals surface area contributed by atoms with Gasteiger partial charge in [0.05, 0.1) is 41.9 Å². The molecule has 0 fully saturated rings. The minimum Gasteiger partial charge on any atom is -0.444 e. The minimum absolute atomic E-state index is 0. The molecule has 96 heavy (non-hydrogen) atoms. The van der Waals surface area contributed by atoms with Gasteiger partial charge in [0.25, 0.3) is 29.5 Å². The molecule has 8 aromatic rings. The highest BCUT2D eigenvalue weighted by atomic mass is 35.5. The van der Waals surface area contributed by atoms with E-state index in [2.05, 4.69) is 67.5 Å². The van der Waals surface area contributed by atoms with E-state index in [9.17, 15) is 53.4 Å². The number of carbonyl (C=O) groups is 9. The molecular weight excluding hydrogens is 1380 g/mol. The minimum atomic E-state index is -1.68. The highest BCUT2D eigenvalue weighted by molar-refractivity contribution is 7.15. The van der Waals surface area contributed by atoms with Crippen molar-refractivity contribution in [2.24, 2.45) is 0 Å². The third-order valence-electron chi connectivity index (χ3n) is 14.1. The first-order valence-corrected chi connectivity index (χ1v) is 34.7. The Labute approximate surface area is 579 Å². The number of nitrogens with one attached hydrogen (secondary N) is 8. The third-order valence-corrected chi connectivity index (χ3v) is 19.4. The van der Waals surface area contributed by atoms with Gasteiger partial charge in [-0.2, -0.15) is 0 Å². The number of hydrogen-bond donors (Lipinski definition) is 10. The van der Waals surface area contributed by atoms with Crippen molar-refractivity contribution in [3.63, 3.8) is 0 Å². The van der Waals surface area contributed by atoms with Gasteiger partial charge in [0, 0.05) is 44.0 Å². The number of alkyl carbamates (subject to hydrolysis) is 1. The molecular formula is C61H65ClN16O12S6. The maximum absolute atomic E-state index is 14.7. The topological polar surface area (TPSA) is 403 Å². The molecule has 10 N–H and O–H groups in total. The number of nitrogens with zero attached hydrogens (tertiary/aromatic N) is 8. The van der Waals surface area contributed by atoms with E-state index in [4.69, 9.17) is 19.7 Å². The number of carbonyl (C=O) groups excluding carboxylic acids is 9. The zero-order valence-corrected chi connectivity index (χ0v) is 58.2. The van der Waals surface area contributed by atoms with Crippen LogP contribution >= 0.6 is 80.4 Å². The van der Waals surface area contributed by atoms with E-state index in [0.717, 1.165) is 56.7 Å². The molecule has 0 saturated heterocycles. The van der Waals surface area contributed by atoms with Crippen LogP contribution in [0.3, 0.4) is 0 Å². The number of aliphatic hydroxyl groups excluding tert-OH is 1. The van der Waals surface area contributed by atoms with Gasteiger partial charge in [-0.15, -0.1) is 80.4 Å². The molecule has 28 nitrogen and oxygen atoms in total. The lowest BCUT2D eigenvalue weighted by molar-refractivity contribution is -0.124. The molecule has 0 spiro atoms. The summed E-state index contributed by atoms with van der Waals surface area (Å²) in [6, 6.07) is 3.62. The van der Waals surface area contributed by atoms with Crippen molar-refractivity contribution in [2.75, 3.05) is 6.54 Å². The van der Waals surface area contributed by atoms with E-state index in [-0.39, 0.29) is 103 Å². The fourth-order valence-corrected chi connectivity index (χ4v) is 14.3. The standard InChI is InChI=1S/C61H64N16O12S6.ClH/c1-9-12-16-35(48(81)64-21-31-15-13-14-19-62-31)74-60(87)89-30(6)44-58-68-37(22-94-58)45-32(17-18-36(65-45)56-73-42(27-93-56)57-71-38(24-92-57)49(82)66-33(10-2)47(80)63-20-28(4)78)54-69-39(23-90-54)50(83)75-43(29(5)79)53(86)67-34(11-3)55-70-41(25-91-55)52(85)77-46(61(7,8)88)59-72-40(26-95-59)51(84)76-44;/h10-11,13-15,17-19,22-27,29-30,35,43-44,46,79,88H,9,12,16,20-21H2,1-8H3,(H,63,80)(H,64,81)(H,66,82)(H,67,86)(H,74,87)(H,75,83)(H,76,84)(H,77,85);1H/b33-10-,34-11-;/t29?,30?,35-,43?,44?,46?;/m0./s1. The van der Waals surface area contributed by atoms with Gasteiger partial charge in [-0.05, 0) is 79.2 Å². The van der Waals surface area contributed by atoms with E-state index in [0.29, 0.717) is 45.5 Å². The molecule has 0 aliphatic carbocycles. The van der Waals surface area contributed by atoms with Crippen LogP contribution in [0.5, 0.6) is 0 Å². The van der Waals surface area contributed by atoms with E-state index in [1.54, 1.807) is 61.1 Å². The zero-order chi connectivity index (χ0) is 68.3. The number of hydrogen-bond acceptors (Lipinski definition) is 26. The van der Waals surface area contributed by atoms with Crippen molar-refractivity contribution in [1.29, 1.82) is 0 Å². The van der Waals surface area contributed by atoms with Crippen LogP contribution in [0.15, 0.2) is 86.7 Å². The van der Waals surface area contributed by atoms with Crippen LogP contribution in [-0.4, -0.2) is 140 Å². The normalized spacial score (nSPS) is 16.8. The van der Waals surface area contributed by atoms with E-state index in [1.807, 2.05) is 6.92 Å². The van der Waals surface area contributed by atoms with Gasteiger partial charge in [-0.3, -0.25) is 43.3 Å². The molecule has 1 aliphatic heterocycles. The van der Waals surface area contributed by atoms with Gasteiger partial charge in [-0.1, -0.05) is 38.0 Å². The average molecular weight is 1440 g/mol. The van der Waals surface area contributed by atoms with Crippen molar-refractivity contribution in [2.45, 2.75) is 123 Å². The summed E-state index contributed by atoms with van der Waals surface area (Å²) in [6.45, 7) is 12.0. The van der Waals surface area contributed by atoms with Crippen molar-refractivity contribution < 1.29 is 58.1 Å². The highest BCUT2D eigenvalue weighted by Gasteiger charge is 2.37. The molecule has 9 rings (SSSR count). The van der Waals surface area contributed by atoms with Gasteiger partial charge in [0.1, 0.15) is 112 Å². The largest absolute Gasteiger partial charge is 0.444 e. The van der Waals surface area contributed by atoms with Crippen LogP contribution in [-0.2, 0) is 30.5 Å². The molecule has 5 unspecified atom stereocenters. The summed E-state index contributed by atoms with van der Waals surface area (Å²) in [4.78, 5) is 159. The molecule has 8 bridgehead atoms. The van der Waals surface area contributed by atoms with Crippen LogP contribution < -0.4 is 42.5 Å². The number of pyridine rings is 2. The molecule has 0 aromatic carbocycles. The van der Waals surface area contributed by atoms with Crippen molar-refractivity contribution in [3.05, 3.63) is 130 Å². The lowest BCUT2D eigenvalue weighted by Crippen LogP contribution is -2.52. The zero-order valence-electron chi connectivity index (χ0n) is 52.5. The van der Waals surface area contributed by atoms with Crippen molar-refractivity contribution in [1.82, 2.24) is 82.4 Å². The Morgan fingerprint density at radius 2 is 1.32 bits per heavy atom. The van der Waals surface area contributed by atoms with Gasteiger partial charge >= 0.3 is 6.09 Å². The van der Waals surface area contributed by atoms with Crippen LogP contribution in [0.4, 0.5) is 4.79 Å². The van der Waals surface area contributed by atoms with Gasteiger partial charge in [0.15, 0.2) is 0 Å². The van der Waals surface area contributed by atoms with E-state index >= 15 is 0 Å². The van der Waals surface area contributed by atoms with Crippen LogP contribution in [0.2, 0.25) is 0 Å². The Bertz CT molecular complexity index is 4250. The number of aromatic nitrogens is 8. The predicted molar refractivity (Wildman–Crippen MR) is 365 cm³/mol. The Morgan fingerprint density at radius 1 is 0.708 bits per heavy atom. The number of aliphatic hydroxyl groups is 2. The quantitative estimate of drug-likeness (QED) is 0.0376. The monoisotopic (exact) mass is 1440 g/mol. The maximum Gasteiger partial charge on any atom is 0.408 e. The smallest absolute Gasteiger partial charge is 0.408 e. The molecule has 1 aliphatic rings. The summed E-state index contributed by atoms with van der Waals surface area (Å²) < 4.78 is 6.03. The number of halogens is 1. The molecule has 0 saturated carbocycles. The summed E-state index contributed by atoms with van der Waals surface area (Å²) in [5.41, 5.74) is 0.0895. The highest BCUT2D eigenvalue weighted by Crippen LogP contribution is 2.39.